The maximum Gasteiger partial charge on any atom is 0.0139 e. The third kappa shape index (κ3) is 1.75. The van der Waals surface area contributed by atoms with E-state index in [2.05, 4.69) is 31.4 Å². The van der Waals surface area contributed by atoms with Gasteiger partial charge in [-0.1, -0.05) is 20.8 Å². The number of hydrogen-bond donors (Lipinski definition) is 2. The first-order chi connectivity index (χ1) is 6.02. The van der Waals surface area contributed by atoms with Gasteiger partial charge in [-0.2, -0.15) is 0 Å². The van der Waals surface area contributed by atoms with Crippen molar-refractivity contribution in [3.05, 3.63) is 0 Å². The molecule has 2 heterocycles. The molecule has 2 aliphatic heterocycles. The zero-order valence-corrected chi connectivity index (χ0v) is 9.11. The SMILES string of the molecule is CC1(C)CN[C@H]([C@]2(C)CCNC2)C1. The van der Waals surface area contributed by atoms with Gasteiger partial charge in [-0.25, -0.2) is 0 Å². The molecule has 2 heteroatoms. The van der Waals surface area contributed by atoms with Gasteiger partial charge in [0.15, 0.2) is 0 Å². The topological polar surface area (TPSA) is 24.1 Å². The Bertz CT molecular complexity index is 192. The molecule has 0 aromatic carbocycles. The number of hydrogen-bond acceptors (Lipinski definition) is 2. The number of rotatable bonds is 1. The van der Waals surface area contributed by atoms with E-state index in [9.17, 15) is 0 Å². The molecule has 0 radical (unpaired) electrons. The largest absolute Gasteiger partial charge is 0.316 e. The van der Waals surface area contributed by atoms with Gasteiger partial charge >= 0.3 is 0 Å². The van der Waals surface area contributed by atoms with E-state index in [1.807, 2.05) is 0 Å². The quantitative estimate of drug-likeness (QED) is 0.640. The lowest BCUT2D eigenvalue weighted by Crippen LogP contribution is -2.40. The Morgan fingerprint density at radius 2 is 1.92 bits per heavy atom. The van der Waals surface area contributed by atoms with Gasteiger partial charge in [-0.3, -0.25) is 0 Å². The monoisotopic (exact) mass is 182 g/mol. The highest BCUT2D eigenvalue weighted by atomic mass is 15.0. The van der Waals surface area contributed by atoms with Crippen LogP contribution in [0.3, 0.4) is 0 Å². The van der Waals surface area contributed by atoms with Crippen molar-refractivity contribution < 1.29 is 0 Å². The zero-order valence-electron chi connectivity index (χ0n) is 9.11. The van der Waals surface area contributed by atoms with Gasteiger partial charge < -0.3 is 10.6 Å². The van der Waals surface area contributed by atoms with Crippen LogP contribution < -0.4 is 10.6 Å². The van der Waals surface area contributed by atoms with Crippen LogP contribution in [0.25, 0.3) is 0 Å². The van der Waals surface area contributed by atoms with Crippen LogP contribution in [0.15, 0.2) is 0 Å². The van der Waals surface area contributed by atoms with Crippen molar-refractivity contribution in [2.24, 2.45) is 10.8 Å². The zero-order chi connectivity index (χ0) is 9.53. The Morgan fingerprint density at radius 3 is 2.38 bits per heavy atom. The summed E-state index contributed by atoms with van der Waals surface area (Å²) in [6.07, 6.45) is 2.67. The molecule has 0 aromatic rings. The molecule has 2 saturated heterocycles. The van der Waals surface area contributed by atoms with E-state index >= 15 is 0 Å². The Labute approximate surface area is 81.5 Å². The predicted molar refractivity (Wildman–Crippen MR) is 55.8 cm³/mol. The first-order valence-electron chi connectivity index (χ1n) is 5.46. The lowest BCUT2D eigenvalue weighted by atomic mass is 9.77. The molecule has 76 valence electrons. The van der Waals surface area contributed by atoms with Crippen molar-refractivity contribution in [3.8, 4) is 0 Å². The second kappa shape index (κ2) is 2.96. The highest BCUT2D eigenvalue weighted by Crippen LogP contribution is 2.39. The molecule has 0 aromatic heterocycles. The second-order valence-electron chi connectivity index (χ2n) is 5.88. The maximum absolute atomic E-state index is 3.69. The van der Waals surface area contributed by atoms with Crippen LogP contribution in [0.1, 0.15) is 33.6 Å². The Hall–Kier alpha value is -0.0800. The minimum atomic E-state index is 0.508. The average Bonchev–Trinajstić information content (AvgIpc) is 2.58. The molecular formula is C11H22N2. The number of nitrogens with one attached hydrogen (secondary N) is 2. The summed E-state index contributed by atoms with van der Waals surface area (Å²) < 4.78 is 0. The fraction of sp³-hybridized carbons (Fsp3) is 1.00. The van der Waals surface area contributed by atoms with E-state index in [1.54, 1.807) is 0 Å². The standard InChI is InChI=1S/C11H22N2/c1-10(2)6-9(13-7-10)11(3)4-5-12-8-11/h9,12-13H,4-8H2,1-3H3/t9-,11+/m0/s1. The van der Waals surface area contributed by atoms with Gasteiger partial charge in [-0.05, 0) is 30.2 Å². The maximum atomic E-state index is 3.69. The lowest BCUT2D eigenvalue weighted by Gasteiger charge is -2.31. The second-order valence-corrected chi connectivity index (χ2v) is 5.88. The van der Waals surface area contributed by atoms with Crippen LogP contribution in [-0.2, 0) is 0 Å². The smallest absolute Gasteiger partial charge is 0.0139 e. The van der Waals surface area contributed by atoms with Crippen LogP contribution in [0, 0.1) is 10.8 Å². The molecule has 0 aliphatic carbocycles. The lowest BCUT2D eigenvalue weighted by molar-refractivity contribution is 0.248. The van der Waals surface area contributed by atoms with Gasteiger partial charge in [0.1, 0.15) is 0 Å². The molecule has 2 rings (SSSR count). The molecule has 0 bridgehead atoms. The first-order valence-corrected chi connectivity index (χ1v) is 5.46. The third-order valence-electron chi connectivity index (χ3n) is 3.83. The molecule has 0 spiro atoms. The molecule has 2 atom stereocenters. The van der Waals surface area contributed by atoms with Crippen molar-refractivity contribution >= 4 is 0 Å². The molecule has 13 heavy (non-hydrogen) atoms. The molecule has 0 saturated carbocycles. The van der Waals surface area contributed by atoms with E-state index in [0.717, 1.165) is 6.04 Å². The summed E-state index contributed by atoms with van der Waals surface area (Å²) in [6.45, 7) is 10.7. The molecule has 2 aliphatic rings. The van der Waals surface area contributed by atoms with Crippen molar-refractivity contribution in [2.45, 2.75) is 39.7 Å². The molecular weight excluding hydrogens is 160 g/mol. The summed E-state index contributed by atoms with van der Waals surface area (Å²) in [5.74, 6) is 0. The average molecular weight is 182 g/mol. The normalized spacial score (nSPS) is 44.1. The van der Waals surface area contributed by atoms with Gasteiger partial charge in [0.25, 0.3) is 0 Å². The highest BCUT2D eigenvalue weighted by Gasteiger charge is 2.43. The molecule has 2 N–H and O–H groups in total. The minimum Gasteiger partial charge on any atom is -0.316 e. The third-order valence-corrected chi connectivity index (χ3v) is 3.83. The van der Waals surface area contributed by atoms with Crippen LogP contribution in [0.5, 0.6) is 0 Å². The molecule has 0 unspecified atom stereocenters. The van der Waals surface area contributed by atoms with Gasteiger partial charge in [0.05, 0.1) is 0 Å². The summed E-state index contributed by atoms with van der Waals surface area (Å²) in [6, 6.07) is 0.734. The fourth-order valence-electron chi connectivity index (χ4n) is 2.72. The van der Waals surface area contributed by atoms with Crippen molar-refractivity contribution in [3.63, 3.8) is 0 Å². The summed E-state index contributed by atoms with van der Waals surface area (Å²) in [5.41, 5.74) is 1.02. The molecule has 2 nitrogen and oxygen atoms in total. The van der Waals surface area contributed by atoms with Crippen LogP contribution in [0.2, 0.25) is 0 Å². The summed E-state index contributed by atoms with van der Waals surface area (Å²) >= 11 is 0. The van der Waals surface area contributed by atoms with Crippen LogP contribution in [-0.4, -0.2) is 25.7 Å². The van der Waals surface area contributed by atoms with E-state index in [0.29, 0.717) is 10.8 Å². The van der Waals surface area contributed by atoms with E-state index in [-0.39, 0.29) is 0 Å². The van der Waals surface area contributed by atoms with Gasteiger partial charge in [0, 0.05) is 19.1 Å². The minimum absolute atomic E-state index is 0.508. The van der Waals surface area contributed by atoms with Crippen molar-refractivity contribution in [1.29, 1.82) is 0 Å². The predicted octanol–water partition coefficient (Wildman–Crippen LogP) is 1.37. The van der Waals surface area contributed by atoms with Crippen molar-refractivity contribution in [2.75, 3.05) is 19.6 Å². The van der Waals surface area contributed by atoms with E-state index < -0.39 is 0 Å². The molecule has 0 amide bonds. The summed E-state index contributed by atoms with van der Waals surface area (Å²) in [5, 5.41) is 7.17. The van der Waals surface area contributed by atoms with Crippen LogP contribution in [0.4, 0.5) is 0 Å². The fourth-order valence-corrected chi connectivity index (χ4v) is 2.72. The summed E-state index contributed by atoms with van der Waals surface area (Å²) in [4.78, 5) is 0. The molecule has 2 fully saturated rings. The Morgan fingerprint density at radius 1 is 1.15 bits per heavy atom. The van der Waals surface area contributed by atoms with Gasteiger partial charge in [0.2, 0.25) is 0 Å². The van der Waals surface area contributed by atoms with E-state index in [1.165, 1.54) is 32.5 Å². The summed E-state index contributed by atoms with van der Waals surface area (Å²) in [7, 11) is 0. The first kappa shape index (κ1) is 9.47. The van der Waals surface area contributed by atoms with Crippen molar-refractivity contribution in [1.82, 2.24) is 10.6 Å². The Balaban J connectivity index is 2.02. The van der Waals surface area contributed by atoms with Crippen LogP contribution >= 0.6 is 0 Å². The van der Waals surface area contributed by atoms with Gasteiger partial charge in [-0.15, -0.1) is 0 Å². The highest BCUT2D eigenvalue weighted by molar-refractivity contribution is 5.00. The Kier molecular flexibility index (Phi) is 2.16. The van der Waals surface area contributed by atoms with E-state index in [4.69, 9.17) is 0 Å².